The lowest BCUT2D eigenvalue weighted by Crippen LogP contribution is -2.46. The van der Waals surface area contributed by atoms with Crippen molar-refractivity contribution >= 4 is 23.0 Å². The van der Waals surface area contributed by atoms with Gasteiger partial charge >= 0.3 is 12.1 Å². The smallest absolute Gasteiger partial charge is 0.411 e. The second kappa shape index (κ2) is 6.61. The first-order valence-electron chi connectivity index (χ1n) is 9.88. The number of likely N-dealkylation sites (tertiary alicyclic amines) is 1. The number of nitrogens with zero attached hydrogens (tertiary/aromatic N) is 2. The summed E-state index contributed by atoms with van der Waals surface area (Å²) in [5.74, 6) is -0.333. The molecule has 7 nitrogen and oxygen atoms in total. The molecule has 1 N–H and O–H groups in total. The number of hydrogen-bond acceptors (Lipinski definition) is 5. The highest BCUT2D eigenvalue weighted by Crippen LogP contribution is 2.44. The SMILES string of the molecule is Cc1nc2ccccc2c2c1OC1(CC2)CC(C(=O)O)N(C(=O)OC(C)(C)C)C1. The Morgan fingerprint density at radius 1 is 1.31 bits per heavy atom. The molecule has 1 spiro atoms. The molecule has 1 aromatic heterocycles. The van der Waals surface area contributed by atoms with Crippen LogP contribution in [0, 0.1) is 6.92 Å². The second-order valence-corrected chi connectivity index (χ2v) is 8.97. The number of aromatic nitrogens is 1. The molecule has 1 saturated heterocycles. The van der Waals surface area contributed by atoms with Crippen molar-refractivity contribution in [3.63, 3.8) is 0 Å². The fraction of sp³-hybridized carbons (Fsp3) is 0.500. The summed E-state index contributed by atoms with van der Waals surface area (Å²) < 4.78 is 11.9. The van der Waals surface area contributed by atoms with E-state index in [1.165, 1.54) is 4.90 Å². The predicted molar refractivity (Wildman–Crippen MR) is 107 cm³/mol. The van der Waals surface area contributed by atoms with Crippen molar-refractivity contribution in [3.8, 4) is 5.75 Å². The van der Waals surface area contributed by atoms with E-state index in [1.807, 2.05) is 31.2 Å². The van der Waals surface area contributed by atoms with Crippen LogP contribution in [0.25, 0.3) is 10.9 Å². The predicted octanol–water partition coefficient (Wildman–Crippen LogP) is 3.70. The van der Waals surface area contributed by atoms with Crippen LogP contribution in [0.5, 0.6) is 5.75 Å². The summed E-state index contributed by atoms with van der Waals surface area (Å²) in [5, 5.41) is 10.8. The number of aryl methyl sites for hydroxylation is 2. The third-order valence-corrected chi connectivity index (χ3v) is 5.58. The molecule has 2 atom stereocenters. The highest BCUT2D eigenvalue weighted by atomic mass is 16.6. The van der Waals surface area contributed by atoms with E-state index in [2.05, 4.69) is 4.98 Å². The van der Waals surface area contributed by atoms with Crippen LogP contribution in [-0.2, 0) is 16.0 Å². The third-order valence-electron chi connectivity index (χ3n) is 5.58. The van der Waals surface area contributed by atoms with Gasteiger partial charge in [0.25, 0.3) is 0 Å². The molecule has 2 aliphatic rings. The van der Waals surface area contributed by atoms with Gasteiger partial charge in [0.15, 0.2) is 0 Å². The summed E-state index contributed by atoms with van der Waals surface area (Å²) >= 11 is 0. The molecule has 1 aromatic carbocycles. The Labute approximate surface area is 169 Å². The fourth-order valence-corrected chi connectivity index (χ4v) is 4.34. The molecule has 7 heteroatoms. The van der Waals surface area contributed by atoms with Gasteiger partial charge in [0.05, 0.1) is 17.8 Å². The second-order valence-electron chi connectivity index (χ2n) is 8.97. The van der Waals surface area contributed by atoms with Gasteiger partial charge in [-0.2, -0.15) is 0 Å². The minimum atomic E-state index is -1.05. The maximum Gasteiger partial charge on any atom is 0.411 e. The molecular formula is C22H26N2O5. The van der Waals surface area contributed by atoms with Crippen molar-refractivity contribution in [2.24, 2.45) is 0 Å². The van der Waals surface area contributed by atoms with Gasteiger partial charge in [-0.1, -0.05) is 18.2 Å². The molecule has 2 aliphatic heterocycles. The Kier molecular flexibility index (Phi) is 4.44. The van der Waals surface area contributed by atoms with Gasteiger partial charge in [0.2, 0.25) is 0 Å². The van der Waals surface area contributed by atoms with E-state index in [1.54, 1.807) is 20.8 Å². The maximum atomic E-state index is 12.7. The number of para-hydroxylation sites is 1. The monoisotopic (exact) mass is 398 g/mol. The number of carboxylic acids is 1. The zero-order valence-corrected chi connectivity index (χ0v) is 17.2. The van der Waals surface area contributed by atoms with Crippen LogP contribution in [0.4, 0.5) is 4.79 Å². The van der Waals surface area contributed by atoms with Gasteiger partial charge < -0.3 is 14.6 Å². The van der Waals surface area contributed by atoms with E-state index in [4.69, 9.17) is 9.47 Å². The Bertz CT molecular complexity index is 997. The number of rotatable bonds is 1. The van der Waals surface area contributed by atoms with Gasteiger partial charge in [-0.3, -0.25) is 4.90 Å². The van der Waals surface area contributed by atoms with Crippen molar-refractivity contribution in [2.75, 3.05) is 6.54 Å². The number of carbonyl (C=O) groups excluding carboxylic acids is 1. The minimum Gasteiger partial charge on any atom is -0.483 e. The van der Waals surface area contributed by atoms with Crippen LogP contribution >= 0.6 is 0 Å². The lowest BCUT2D eigenvalue weighted by Gasteiger charge is -2.36. The summed E-state index contributed by atoms with van der Waals surface area (Å²) in [5.41, 5.74) is 1.35. The lowest BCUT2D eigenvalue weighted by molar-refractivity contribution is -0.142. The van der Waals surface area contributed by atoms with Crippen molar-refractivity contribution < 1.29 is 24.2 Å². The van der Waals surface area contributed by atoms with E-state index < -0.39 is 29.3 Å². The molecule has 0 saturated carbocycles. The van der Waals surface area contributed by atoms with Crippen LogP contribution in [0.1, 0.15) is 44.9 Å². The van der Waals surface area contributed by atoms with Gasteiger partial charge in [-0.15, -0.1) is 0 Å². The van der Waals surface area contributed by atoms with Crippen molar-refractivity contribution in [1.29, 1.82) is 0 Å². The van der Waals surface area contributed by atoms with E-state index in [0.717, 1.165) is 28.6 Å². The zero-order chi connectivity index (χ0) is 21.0. The van der Waals surface area contributed by atoms with Crippen molar-refractivity contribution in [1.82, 2.24) is 9.88 Å². The topological polar surface area (TPSA) is 89.0 Å². The summed E-state index contributed by atoms with van der Waals surface area (Å²) in [6, 6.07) is 6.97. The van der Waals surface area contributed by atoms with Gasteiger partial charge in [0.1, 0.15) is 23.0 Å². The first-order valence-corrected chi connectivity index (χ1v) is 9.88. The number of pyridine rings is 1. The molecule has 3 heterocycles. The molecule has 1 fully saturated rings. The summed E-state index contributed by atoms with van der Waals surface area (Å²) in [6.45, 7) is 7.38. The van der Waals surface area contributed by atoms with Gasteiger partial charge in [-0.05, 0) is 46.6 Å². The Hall–Kier alpha value is -2.83. The zero-order valence-electron chi connectivity index (χ0n) is 17.2. The van der Waals surface area contributed by atoms with E-state index in [-0.39, 0.29) is 13.0 Å². The Balaban J connectivity index is 1.67. The minimum absolute atomic E-state index is 0.185. The number of carboxylic acid groups (broad SMARTS) is 1. The molecule has 4 rings (SSSR count). The molecule has 154 valence electrons. The molecule has 0 aliphatic carbocycles. The largest absolute Gasteiger partial charge is 0.483 e. The number of amides is 1. The fourth-order valence-electron chi connectivity index (χ4n) is 4.34. The number of carbonyl (C=O) groups is 2. The molecule has 0 radical (unpaired) electrons. The third kappa shape index (κ3) is 3.50. The van der Waals surface area contributed by atoms with E-state index in [0.29, 0.717) is 12.2 Å². The number of hydrogen-bond donors (Lipinski definition) is 1. The average molecular weight is 398 g/mol. The molecular weight excluding hydrogens is 372 g/mol. The number of aliphatic carboxylic acids is 1. The summed E-state index contributed by atoms with van der Waals surface area (Å²) in [4.78, 5) is 30.5. The summed E-state index contributed by atoms with van der Waals surface area (Å²) in [6.07, 6.45) is 0.988. The number of ether oxygens (including phenoxy) is 2. The first kappa shape index (κ1) is 19.5. The number of benzene rings is 1. The Morgan fingerprint density at radius 2 is 2.03 bits per heavy atom. The highest BCUT2D eigenvalue weighted by Gasteiger charge is 2.53. The maximum absolute atomic E-state index is 12.7. The van der Waals surface area contributed by atoms with E-state index >= 15 is 0 Å². The normalized spacial score (nSPS) is 23.7. The number of fused-ring (bicyclic) bond motifs is 3. The molecule has 2 aromatic rings. The first-order chi connectivity index (χ1) is 13.6. The van der Waals surface area contributed by atoms with Crippen LogP contribution in [0.3, 0.4) is 0 Å². The Morgan fingerprint density at radius 3 is 2.72 bits per heavy atom. The highest BCUT2D eigenvalue weighted by molar-refractivity contribution is 5.85. The quantitative estimate of drug-likeness (QED) is 0.788. The van der Waals surface area contributed by atoms with Crippen LogP contribution in [0.2, 0.25) is 0 Å². The molecule has 1 amide bonds. The lowest BCUT2D eigenvalue weighted by atomic mass is 9.87. The van der Waals surface area contributed by atoms with Crippen LogP contribution in [0.15, 0.2) is 24.3 Å². The van der Waals surface area contributed by atoms with E-state index in [9.17, 15) is 14.7 Å². The van der Waals surface area contributed by atoms with Gasteiger partial charge in [0, 0.05) is 17.4 Å². The van der Waals surface area contributed by atoms with Gasteiger partial charge in [-0.25, -0.2) is 14.6 Å². The average Bonchev–Trinajstić information content (AvgIpc) is 3.00. The standard InChI is InChI=1S/C22H26N2O5/c1-13-18-15(14-7-5-6-8-16(14)23-13)9-10-22(28-18)11-17(19(25)26)24(12-22)20(27)29-21(2,3)4/h5-8,17H,9-12H2,1-4H3,(H,25,26). The molecule has 29 heavy (non-hydrogen) atoms. The van der Waals surface area contributed by atoms with Crippen molar-refractivity contribution in [3.05, 3.63) is 35.5 Å². The van der Waals surface area contributed by atoms with Crippen molar-refractivity contribution in [2.45, 2.75) is 64.2 Å². The summed E-state index contributed by atoms with van der Waals surface area (Å²) in [7, 11) is 0. The van der Waals surface area contributed by atoms with Crippen LogP contribution in [-0.4, -0.2) is 50.8 Å². The molecule has 2 unspecified atom stereocenters. The molecule has 0 bridgehead atoms. The van der Waals surface area contributed by atoms with Crippen LogP contribution < -0.4 is 4.74 Å².